The summed E-state index contributed by atoms with van der Waals surface area (Å²) in [5.41, 5.74) is 5.66. The van der Waals surface area contributed by atoms with Crippen molar-refractivity contribution >= 4 is 0 Å². The molecule has 0 aliphatic carbocycles. The van der Waals surface area contributed by atoms with Crippen molar-refractivity contribution in [2.45, 2.75) is 39.2 Å². The summed E-state index contributed by atoms with van der Waals surface area (Å²) in [7, 11) is 0. The zero-order chi connectivity index (χ0) is 13.2. The van der Waals surface area contributed by atoms with E-state index in [0.29, 0.717) is 0 Å². The minimum atomic E-state index is 0.896. The number of rotatable bonds is 2. The minimum absolute atomic E-state index is 0.896. The molecule has 2 aromatic heterocycles. The maximum absolute atomic E-state index is 9.49. The molecule has 19 heavy (non-hydrogen) atoms. The highest BCUT2D eigenvalue weighted by Crippen LogP contribution is 2.34. The van der Waals surface area contributed by atoms with Gasteiger partial charge in [-0.05, 0) is 43.4 Å². The summed E-state index contributed by atoms with van der Waals surface area (Å²) in [6.07, 6.45) is 8.00. The first-order valence-corrected chi connectivity index (χ1v) is 6.91. The van der Waals surface area contributed by atoms with Crippen molar-refractivity contribution in [1.82, 2.24) is 9.55 Å². The van der Waals surface area contributed by atoms with E-state index >= 15 is 0 Å². The molecular formula is C16H17N3. The molecule has 0 atom stereocenters. The topological polar surface area (TPSA) is 41.6 Å². The standard InChI is InChI=1S/C16H17N3/c1-2-13-14(10-17)15-7-3-4-9-19(15)16(13)12-6-5-8-18-11-12/h5-6,8,11H,2-4,7,9H2,1H3. The molecule has 3 heteroatoms. The number of nitrogens with zero attached hydrogens (tertiary/aromatic N) is 3. The van der Waals surface area contributed by atoms with Crippen molar-refractivity contribution < 1.29 is 0 Å². The first-order chi connectivity index (χ1) is 9.36. The van der Waals surface area contributed by atoms with E-state index in [-0.39, 0.29) is 0 Å². The van der Waals surface area contributed by atoms with Crippen molar-refractivity contribution in [3.05, 3.63) is 41.3 Å². The van der Waals surface area contributed by atoms with Gasteiger partial charge < -0.3 is 4.57 Å². The van der Waals surface area contributed by atoms with Crippen LogP contribution in [0.25, 0.3) is 11.3 Å². The minimum Gasteiger partial charge on any atom is -0.343 e. The van der Waals surface area contributed by atoms with Crippen LogP contribution >= 0.6 is 0 Å². The Morgan fingerprint density at radius 3 is 3.00 bits per heavy atom. The molecule has 2 aromatic rings. The summed E-state index contributed by atoms with van der Waals surface area (Å²) in [6.45, 7) is 3.15. The number of nitriles is 1. The molecule has 1 aliphatic rings. The van der Waals surface area contributed by atoms with Crippen LogP contribution in [0, 0.1) is 11.3 Å². The fourth-order valence-corrected chi connectivity index (χ4v) is 3.10. The predicted molar refractivity (Wildman–Crippen MR) is 74.7 cm³/mol. The molecule has 0 N–H and O–H groups in total. The molecule has 0 saturated carbocycles. The van der Waals surface area contributed by atoms with E-state index in [1.54, 1.807) is 6.20 Å². The van der Waals surface area contributed by atoms with Gasteiger partial charge in [0.25, 0.3) is 0 Å². The molecule has 0 radical (unpaired) electrons. The number of pyridine rings is 1. The highest BCUT2D eigenvalue weighted by molar-refractivity contribution is 5.69. The Kier molecular flexibility index (Phi) is 3.08. The first kappa shape index (κ1) is 12.0. The van der Waals surface area contributed by atoms with E-state index in [1.807, 2.05) is 12.3 Å². The van der Waals surface area contributed by atoms with Gasteiger partial charge in [0.1, 0.15) is 6.07 Å². The lowest BCUT2D eigenvalue weighted by Gasteiger charge is -2.18. The van der Waals surface area contributed by atoms with Gasteiger partial charge in [-0.15, -0.1) is 0 Å². The van der Waals surface area contributed by atoms with Crippen LogP contribution < -0.4 is 0 Å². The Balaban J connectivity index is 2.29. The average molecular weight is 251 g/mol. The van der Waals surface area contributed by atoms with Crippen LogP contribution in [0.4, 0.5) is 0 Å². The molecule has 0 aromatic carbocycles. The van der Waals surface area contributed by atoms with Gasteiger partial charge in [0.05, 0.1) is 11.3 Å². The van der Waals surface area contributed by atoms with E-state index in [2.05, 4.69) is 28.6 Å². The zero-order valence-corrected chi connectivity index (χ0v) is 11.2. The van der Waals surface area contributed by atoms with Crippen LogP contribution in [-0.2, 0) is 19.4 Å². The second-order valence-electron chi connectivity index (χ2n) is 4.96. The molecule has 3 heterocycles. The lowest BCUT2D eigenvalue weighted by molar-refractivity contribution is 0.536. The number of hydrogen-bond acceptors (Lipinski definition) is 2. The normalized spacial score (nSPS) is 13.9. The highest BCUT2D eigenvalue weighted by Gasteiger charge is 2.24. The summed E-state index contributed by atoms with van der Waals surface area (Å²) in [4.78, 5) is 4.22. The molecule has 0 saturated heterocycles. The Hall–Kier alpha value is -2.08. The molecule has 0 amide bonds. The molecule has 0 unspecified atom stereocenters. The van der Waals surface area contributed by atoms with Crippen molar-refractivity contribution in [3.8, 4) is 17.3 Å². The summed E-state index contributed by atoms with van der Waals surface area (Å²) in [5, 5.41) is 9.49. The largest absolute Gasteiger partial charge is 0.343 e. The lowest BCUT2D eigenvalue weighted by Crippen LogP contribution is -2.11. The lowest BCUT2D eigenvalue weighted by atomic mass is 10.0. The van der Waals surface area contributed by atoms with Gasteiger partial charge in [-0.25, -0.2) is 0 Å². The smallest absolute Gasteiger partial charge is 0.101 e. The summed E-state index contributed by atoms with van der Waals surface area (Å²) >= 11 is 0. The number of hydrogen-bond donors (Lipinski definition) is 0. The van der Waals surface area contributed by atoms with Crippen molar-refractivity contribution in [2.24, 2.45) is 0 Å². The molecule has 3 nitrogen and oxygen atoms in total. The third-order valence-corrected chi connectivity index (χ3v) is 3.92. The monoisotopic (exact) mass is 251 g/mol. The maximum atomic E-state index is 9.49. The highest BCUT2D eigenvalue weighted by atomic mass is 15.0. The van der Waals surface area contributed by atoms with Crippen molar-refractivity contribution in [2.75, 3.05) is 0 Å². The van der Waals surface area contributed by atoms with Crippen LogP contribution in [0.1, 0.15) is 36.6 Å². The van der Waals surface area contributed by atoms with Crippen LogP contribution in [0.2, 0.25) is 0 Å². The van der Waals surface area contributed by atoms with E-state index < -0.39 is 0 Å². The Bertz CT molecular complexity index is 632. The van der Waals surface area contributed by atoms with E-state index in [4.69, 9.17) is 0 Å². The SMILES string of the molecule is CCc1c(C#N)c2n(c1-c1cccnc1)CCCC2. The van der Waals surface area contributed by atoms with Gasteiger partial charge in [0, 0.05) is 30.2 Å². The van der Waals surface area contributed by atoms with Crippen LogP contribution in [-0.4, -0.2) is 9.55 Å². The predicted octanol–water partition coefficient (Wildman–Crippen LogP) is 3.32. The van der Waals surface area contributed by atoms with Crippen molar-refractivity contribution in [1.29, 1.82) is 5.26 Å². The maximum Gasteiger partial charge on any atom is 0.101 e. The van der Waals surface area contributed by atoms with Gasteiger partial charge in [0.15, 0.2) is 0 Å². The molecule has 3 rings (SSSR count). The summed E-state index contributed by atoms with van der Waals surface area (Å²) < 4.78 is 2.35. The Morgan fingerprint density at radius 1 is 1.42 bits per heavy atom. The van der Waals surface area contributed by atoms with E-state index in [1.165, 1.54) is 29.8 Å². The summed E-state index contributed by atoms with van der Waals surface area (Å²) in [6, 6.07) is 6.47. The fraction of sp³-hybridized carbons (Fsp3) is 0.375. The van der Waals surface area contributed by atoms with Crippen LogP contribution in [0.15, 0.2) is 24.5 Å². The van der Waals surface area contributed by atoms with Gasteiger partial charge in [-0.3, -0.25) is 4.98 Å². The third kappa shape index (κ3) is 1.84. The fourth-order valence-electron chi connectivity index (χ4n) is 3.10. The second kappa shape index (κ2) is 4.89. The molecule has 0 spiro atoms. The Morgan fingerprint density at radius 2 is 2.32 bits per heavy atom. The molecule has 1 aliphatic heterocycles. The van der Waals surface area contributed by atoms with Gasteiger partial charge in [-0.1, -0.05) is 6.92 Å². The molecule has 96 valence electrons. The molecule has 0 fully saturated rings. The number of fused-ring (bicyclic) bond motifs is 1. The first-order valence-electron chi connectivity index (χ1n) is 6.91. The van der Waals surface area contributed by atoms with Crippen LogP contribution in [0.5, 0.6) is 0 Å². The van der Waals surface area contributed by atoms with Crippen LogP contribution in [0.3, 0.4) is 0 Å². The van der Waals surface area contributed by atoms with Crippen molar-refractivity contribution in [3.63, 3.8) is 0 Å². The number of aromatic nitrogens is 2. The van der Waals surface area contributed by atoms with E-state index in [0.717, 1.165) is 30.5 Å². The second-order valence-corrected chi connectivity index (χ2v) is 4.96. The zero-order valence-electron chi connectivity index (χ0n) is 11.2. The van der Waals surface area contributed by atoms with Gasteiger partial charge in [-0.2, -0.15) is 5.26 Å². The Labute approximate surface area is 113 Å². The van der Waals surface area contributed by atoms with E-state index in [9.17, 15) is 5.26 Å². The van der Waals surface area contributed by atoms with Gasteiger partial charge >= 0.3 is 0 Å². The average Bonchev–Trinajstić information content (AvgIpc) is 2.81. The molecular weight excluding hydrogens is 234 g/mol. The summed E-state index contributed by atoms with van der Waals surface area (Å²) in [5.74, 6) is 0. The quantitative estimate of drug-likeness (QED) is 0.821. The third-order valence-electron chi connectivity index (χ3n) is 3.92. The van der Waals surface area contributed by atoms with Gasteiger partial charge in [0.2, 0.25) is 0 Å². The molecule has 0 bridgehead atoms.